The topological polar surface area (TPSA) is 43.0 Å². The number of hydrogen-bond donors (Lipinski definition) is 0. The van der Waals surface area contributed by atoms with Crippen molar-refractivity contribution in [2.75, 3.05) is 0 Å². The minimum atomic E-state index is 0.0110. The van der Waals surface area contributed by atoms with Crippen LogP contribution in [-0.4, -0.2) is 15.0 Å². The molecule has 0 aliphatic heterocycles. The molecule has 0 fully saturated rings. The fraction of sp³-hybridized carbons (Fsp3) is 0.200. The Kier molecular flexibility index (Phi) is 3.52. The van der Waals surface area contributed by atoms with E-state index in [1.807, 2.05) is 0 Å². The number of hydrogen-bond acceptors (Lipinski definition) is 4. The van der Waals surface area contributed by atoms with Gasteiger partial charge in [-0.1, -0.05) is 56.6 Å². The van der Waals surface area contributed by atoms with Crippen LogP contribution in [0.2, 0.25) is 0 Å². The van der Waals surface area contributed by atoms with Crippen LogP contribution in [0, 0.1) is 6.57 Å². The van der Waals surface area contributed by atoms with E-state index >= 15 is 0 Å². The summed E-state index contributed by atoms with van der Waals surface area (Å²) in [6.45, 7) is 13.9. The van der Waals surface area contributed by atoms with E-state index in [1.165, 1.54) is 34.0 Å². The Labute approximate surface area is 150 Å². The minimum Gasteiger partial charge on any atom is -0.351 e. The molecule has 0 N–H and O–H groups in total. The Bertz CT molecular complexity index is 1150. The monoisotopic (exact) mass is 344 g/mol. The van der Waals surface area contributed by atoms with Crippen molar-refractivity contribution in [1.29, 1.82) is 0 Å². The van der Waals surface area contributed by atoms with Gasteiger partial charge in [0, 0.05) is 5.56 Å². The smallest absolute Gasteiger partial charge is 0.331 e. The average Bonchev–Trinajstić information content (AvgIpc) is 3.03. The maximum atomic E-state index is 7.20. The van der Waals surface area contributed by atoms with Gasteiger partial charge in [0.25, 0.3) is 5.65 Å². The van der Waals surface area contributed by atoms with Crippen molar-refractivity contribution in [2.45, 2.75) is 26.2 Å². The molecule has 2 aromatic carbocycles. The van der Waals surface area contributed by atoms with Crippen molar-refractivity contribution in [1.82, 2.24) is 15.0 Å². The number of aromatic nitrogens is 3. The summed E-state index contributed by atoms with van der Waals surface area (Å²) in [5.74, 6) is 0. The lowest BCUT2D eigenvalue weighted by Gasteiger charge is -2.22. The van der Waals surface area contributed by atoms with Gasteiger partial charge in [-0.25, -0.2) is 4.98 Å². The van der Waals surface area contributed by atoms with E-state index in [4.69, 9.17) is 6.57 Å². The van der Waals surface area contributed by atoms with Gasteiger partial charge in [0.05, 0.1) is 5.69 Å². The zero-order valence-electron chi connectivity index (χ0n) is 14.2. The van der Waals surface area contributed by atoms with E-state index in [1.54, 1.807) is 0 Å². The van der Waals surface area contributed by atoms with Crippen LogP contribution in [0.4, 0.5) is 5.13 Å². The number of rotatable bonds is 1. The van der Waals surface area contributed by atoms with Crippen molar-refractivity contribution >= 4 is 37.6 Å². The van der Waals surface area contributed by atoms with Crippen LogP contribution >= 0.6 is 11.3 Å². The van der Waals surface area contributed by atoms with Crippen molar-refractivity contribution in [3.05, 3.63) is 59.7 Å². The summed E-state index contributed by atoms with van der Waals surface area (Å²) in [7, 11) is 0. The van der Waals surface area contributed by atoms with E-state index < -0.39 is 0 Å². The zero-order chi connectivity index (χ0) is 17.6. The van der Waals surface area contributed by atoms with Gasteiger partial charge in [-0.15, -0.1) is 11.3 Å². The first-order chi connectivity index (χ1) is 12.0. The Morgan fingerprint density at radius 1 is 1.08 bits per heavy atom. The lowest BCUT2D eigenvalue weighted by atomic mass is 9.82. The highest BCUT2D eigenvalue weighted by molar-refractivity contribution is 7.22. The van der Waals surface area contributed by atoms with Gasteiger partial charge >= 0.3 is 5.13 Å². The molecule has 0 amide bonds. The zero-order valence-corrected chi connectivity index (χ0v) is 15.1. The second-order valence-electron chi connectivity index (χ2n) is 6.98. The molecule has 25 heavy (non-hydrogen) atoms. The second kappa shape index (κ2) is 5.61. The predicted molar refractivity (Wildman–Crippen MR) is 103 cm³/mol. The number of fused-ring (bicyclic) bond motifs is 2. The highest BCUT2D eigenvalue weighted by Gasteiger charge is 2.20. The van der Waals surface area contributed by atoms with Crippen LogP contribution in [0.1, 0.15) is 26.3 Å². The first kappa shape index (κ1) is 15.7. The fourth-order valence-electron chi connectivity index (χ4n) is 3.06. The van der Waals surface area contributed by atoms with Crippen molar-refractivity contribution in [3.8, 4) is 11.3 Å². The van der Waals surface area contributed by atoms with E-state index in [-0.39, 0.29) is 5.41 Å². The van der Waals surface area contributed by atoms with Crippen LogP contribution in [0.25, 0.3) is 37.2 Å². The molecule has 2 aromatic heterocycles. The van der Waals surface area contributed by atoms with Crippen LogP contribution in [-0.2, 0) is 5.41 Å². The molecular formula is C20H16N4S. The second-order valence-corrected chi connectivity index (χ2v) is 7.96. The summed E-state index contributed by atoms with van der Waals surface area (Å²) < 4.78 is 0.864. The average molecular weight is 344 g/mol. The van der Waals surface area contributed by atoms with Crippen LogP contribution in [0.15, 0.2) is 42.7 Å². The maximum absolute atomic E-state index is 7.20. The van der Waals surface area contributed by atoms with Gasteiger partial charge in [0.15, 0.2) is 0 Å². The van der Waals surface area contributed by atoms with E-state index in [0.29, 0.717) is 10.8 Å². The molecule has 0 bridgehead atoms. The maximum Gasteiger partial charge on any atom is 0.331 e. The van der Waals surface area contributed by atoms with Crippen molar-refractivity contribution < 1.29 is 0 Å². The summed E-state index contributed by atoms with van der Waals surface area (Å²) in [5, 5.41) is 2.84. The summed E-state index contributed by atoms with van der Waals surface area (Å²) in [4.78, 5) is 16.4. The number of nitrogens with zero attached hydrogens (tertiary/aromatic N) is 4. The third-order valence-corrected chi connectivity index (χ3v) is 5.16. The molecule has 0 aliphatic carbocycles. The van der Waals surface area contributed by atoms with Crippen molar-refractivity contribution in [3.63, 3.8) is 0 Å². The highest BCUT2D eigenvalue weighted by atomic mass is 32.1. The lowest BCUT2D eigenvalue weighted by Crippen LogP contribution is -2.12. The Morgan fingerprint density at radius 2 is 1.88 bits per heavy atom. The van der Waals surface area contributed by atoms with E-state index in [2.05, 4.69) is 77.0 Å². The summed E-state index contributed by atoms with van der Waals surface area (Å²) in [6.07, 6.45) is 1.52. The number of benzene rings is 2. The summed E-state index contributed by atoms with van der Waals surface area (Å²) in [6, 6.07) is 12.8. The first-order valence-corrected chi connectivity index (χ1v) is 8.81. The Morgan fingerprint density at radius 3 is 2.64 bits per heavy atom. The third-order valence-electron chi connectivity index (χ3n) is 4.22. The molecule has 4 rings (SSSR count). The molecule has 0 aliphatic rings. The molecule has 2 heterocycles. The molecule has 4 nitrogen and oxygen atoms in total. The van der Waals surface area contributed by atoms with Crippen LogP contribution in [0.3, 0.4) is 0 Å². The Hall–Kier alpha value is -2.84. The third kappa shape index (κ3) is 2.65. The SMILES string of the molecule is [C-]#[N+]c1nc2ncnc(-c3cc(C(C)(C)C)c4ccccc4c3)c2s1. The van der Waals surface area contributed by atoms with Crippen LogP contribution in [0.5, 0.6) is 0 Å². The molecule has 0 radical (unpaired) electrons. The largest absolute Gasteiger partial charge is 0.351 e. The molecule has 0 spiro atoms. The molecule has 0 unspecified atom stereocenters. The molecule has 0 saturated carbocycles. The van der Waals surface area contributed by atoms with Gasteiger partial charge < -0.3 is 4.85 Å². The molecule has 0 atom stereocenters. The first-order valence-electron chi connectivity index (χ1n) is 8.00. The Balaban J connectivity index is 2.06. The van der Waals surface area contributed by atoms with Gasteiger partial charge in [0.2, 0.25) is 0 Å². The predicted octanol–water partition coefficient (Wildman–Crippen LogP) is 5.75. The standard InChI is InChI=1S/C20H16N4S/c1-20(2,3)15-10-13(9-12-7-5-6-8-14(12)15)16-17-18(23-11-22-16)24-19(21-4)25-17/h5-11H,1-3H3. The highest BCUT2D eigenvalue weighted by Crippen LogP contribution is 2.38. The lowest BCUT2D eigenvalue weighted by molar-refractivity contribution is 0.596. The minimum absolute atomic E-state index is 0.0110. The van der Waals surface area contributed by atoms with Crippen molar-refractivity contribution in [2.24, 2.45) is 0 Å². The van der Waals surface area contributed by atoms with Gasteiger partial charge in [-0.3, -0.25) is 0 Å². The van der Waals surface area contributed by atoms with E-state index in [0.717, 1.165) is 16.0 Å². The normalized spacial score (nSPS) is 11.8. The number of thiazole rings is 1. The summed E-state index contributed by atoms with van der Waals surface area (Å²) in [5.41, 5.74) is 3.76. The molecule has 0 saturated heterocycles. The van der Waals surface area contributed by atoms with Crippen LogP contribution < -0.4 is 0 Å². The fourth-order valence-corrected chi connectivity index (χ4v) is 3.88. The molecule has 5 heteroatoms. The quantitative estimate of drug-likeness (QED) is 0.413. The van der Waals surface area contributed by atoms with Gasteiger partial charge in [0.1, 0.15) is 11.0 Å². The molecule has 122 valence electrons. The van der Waals surface area contributed by atoms with Gasteiger partial charge in [-0.05, 0) is 33.9 Å². The molecular weight excluding hydrogens is 328 g/mol. The summed E-state index contributed by atoms with van der Waals surface area (Å²) >= 11 is 1.35. The van der Waals surface area contributed by atoms with Gasteiger partial charge in [-0.2, -0.15) is 4.98 Å². The molecule has 4 aromatic rings. The van der Waals surface area contributed by atoms with E-state index in [9.17, 15) is 0 Å².